The molecule has 120 valence electrons. The zero-order valence-electron chi connectivity index (χ0n) is 14.3. The maximum Gasteiger partial charge on any atom is 0.168 e. The highest BCUT2D eigenvalue weighted by molar-refractivity contribution is 6.83. The summed E-state index contributed by atoms with van der Waals surface area (Å²) in [6.07, 6.45) is 9.66. The third-order valence-electron chi connectivity index (χ3n) is 4.49. The molecule has 3 unspecified atom stereocenters. The minimum absolute atomic E-state index is 0.249. The molecule has 2 nitrogen and oxygen atoms in total. The second-order valence-electron chi connectivity index (χ2n) is 7.72. The summed E-state index contributed by atoms with van der Waals surface area (Å²) in [5, 5.41) is 0. The highest BCUT2D eigenvalue weighted by atomic mass is 28.3. The molecule has 3 aliphatic heterocycles. The molecule has 3 atom stereocenters. The van der Waals surface area contributed by atoms with E-state index in [-0.39, 0.29) is 5.79 Å². The zero-order chi connectivity index (χ0) is 15.3. The molecule has 0 aromatic heterocycles. The normalized spacial score (nSPS) is 31.8. The molecule has 21 heavy (non-hydrogen) atoms. The molecule has 0 spiro atoms. The van der Waals surface area contributed by atoms with Crippen molar-refractivity contribution >= 4 is 8.07 Å². The van der Waals surface area contributed by atoms with Gasteiger partial charge in [0.05, 0.1) is 12.7 Å². The first kappa shape index (κ1) is 17.1. The van der Waals surface area contributed by atoms with Crippen LogP contribution in [0.3, 0.4) is 0 Å². The highest BCUT2D eigenvalue weighted by Crippen LogP contribution is 2.43. The average molecular weight is 309 g/mol. The van der Waals surface area contributed by atoms with Crippen molar-refractivity contribution in [1.29, 1.82) is 0 Å². The Morgan fingerprint density at radius 1 is 1.24 bits per heavy atom. The van der Waals surface area contributed by atoms with Crippen molar-refractivity contribution in [3.8, 4) is 11.5 Å². The summed E-state index contributed by atoms with van der Waals surface area (Å²) in [6.45, 7) is 10.1. The van der Waals surface area contributed by atoms with Gasteiger partial charge in [0.15, 0.2) is 5.79 Å². The Labute approximate surface area is 132 Å². The van der Waals surface area contributed by atoms with Crippen molar-refractivity contribution in [1.82, 2.24) is 0 Å². The van der Waals surface area contributed by atoms with Crippen LogP contribution in [0, 0.1) is 17.4 Å². The van der Waals surface area contributed by atoms with Gasteiger partial charge in [-0.1, -0.05) is 33.0 Å². The van der Waals surface area contributed by atoms with Crippen molar-refractivity contribution < 1.29 is 9.47 Å². The van der Waals surface area contributed by atoms with Gasteiger partial charge >= 0.3 is 0 Å². The van der Waals surface area contributed by atoms with Crippen LogP contribution < -0.4 is 0 Å². The summed E-state index contributed by atoms with van der Waals surface area (Å²) in [5.41, 5.74) is 3.44. The summed E-state index contributed by atoms with van der Waals surface area (Å²) in [5.74, 6) is 3.76. The molecule has 2 bridgehead atoms. The second kappa shape index (κ2) is 7.31. The quantitative estimate of drug-likeness (QED) is 0.400. The number of hydrogen-bond donors (Lipinski definition) is 0. The van der Waals surface area contributed by atoms with Gasteiger partial charge < -0.3 is 9.47 Å². The molecular formula is C18H32O2Si. The lowest BCUT2D eigenvalue weighted by molar-refractivity contribution is -0.346. The Hall–Kier alpha value is -0.303. The maximum atomic E-state index is 6.32. The first-order chi connectivity index (χ1) is 9.94. The van der Waals surface area contributed by atoms with Crippen LogP contribution in [0.2, 0.25) is 19.6 Å². The molecular weight excluding hydrogens is 276 g/mol. The minimum atomic E-state index is -1.19. The van der Waals surface area contributed by atoms with Gasteiger partial charge in [-0.3, -0.25) is 0 Å². The maximum absolute atomic E-state index is 6.32. The van der Waals surface area contributed by atoms with Crippen LogP contribution in [0.25, 0.3) is 0 Å². The van der Waals surface area contributed by atoms with Crippen LogP contribution in [-0.2, 0) is 9.47 Å². The van der Waals surface area contributed by atoms with Crippen LogP contribution in [-0.4, -0.2) is 26.6 Å². The van der Waals surface area contributed by atoms with Crippen molar-refractivity contribution in [2.24, 2.45) is 5.92 Å². The number of rotatable bonds is 6. The molecule has 3 fully saturated rings. The topological polar surface area (TPSA) is 18.5 Å². The predicted octanol–water partition coefficient (Wildman–Crippen LogP) is 4.75. The Balaban J connectivity index is 1.73. The number of ether oxygens (including phenoxy) is 2. The van der Waals surface area contributed by atoms with E-state index in [9.17, 15) is 0 Å². The summed E-state index contributed by atoms with van der Waals surface area (Å²) < 4.78 is 12.4. The highest BCUT2D eigenvalue weighted by Gasteiger charge is 2.47. The summed E-state index contributed by atoms with van der Waals surface area (Å²) in [4.78, 5) is 0. The number of hydrogen-bond acceptors (Lipinski definition) is 2. The molecule has 0 aliphatic carbocycles. The van der Waals surface area contributed by atoms with Crippen LogP contribution in [0.4, 0.5) is 0 Å². The first-order valence-electron chi connectivity index (χ1n) is 8.76. The van der Waals surface area contributed by atoms with Crippen molar-refractivity contribution in [2.75, 3.05) is 6.61 Å². The van der Waals surface area contributed by atoms with E-state index >= 15 is 0 Å². The third-order valence-corrected chi connectivity index (χ3v) is 5.42. The molecule has 3 rings (SSSR count). The van der Waals surface area contributed by atoms with Gasteiger partial charge in [-0.05, 0) is 25.7 Å². The molecule has 3 heterocycles. The minimum Gasteiger partial charge on any atom is -0.350 e. The molecule has 0 aromatic carbocycles. The monoisotopic (exact) mass is 308 g/mol. The molecule has 3 heteroatoms. The lowest BCUT2D eigenvalue weighted by Gasteiger charge is -2.50. The van der Waals surface area contributed by atoms with Gasteiger partial charge in [0.25, 0.3) is 0 Å². The smallest absolute Gasteiger partial charge is 0.168 e. The molecule has 0 N–H and O–H groups in total. The standard InChI is InChI=1S/C18H32O2Si/c1-5-10-17-16-11-13-18(20-17,19-15-16)12-8-6-7-9-14-21(2,3)4/h16-17H,5-8,10-13,15H2,1-4H3. The van der Waals surface area contributed by atoms with Crippen molar-refractivity contribution in [3.05, 3.63) is 0 Å². The molecule has 3 saturated heterocycles. The van der Waals surface area contributed by atoms with E-state index in [2.05, 4.69) is 38.0 Å². The Morgan fingerprint density at radius 3 is 2.67 bits per heavy atom. The third kappa shape index (κ3) is 5.12. The van der Waals surface area contributed by atoms with E-state index in [0.717, 1.165) is 25.9 Å². The van der Waals surface area contributed by atoms with E-state index in [4.69, 9.17) is 9.47 Å². The Morgan fingerprint density at radius 2 is 2.05 bits per heavy atom. The SMILES string of the molecule is CCCC1OC2(CCCCC#C[Si](C)(C)C)CCC1CO2. The number of fused-ring (bicyclic) bond motifs is 3. The second-order valence-corrected chi connectivity index (χ2v) is 12.5. The summed E-state index contributed by atoms with van der Waals surface area (Å²) in [7, 11) is -1.19. The number of unbranched alkanes of at least 4 members (excludes halogenated alkanes) is 2. The van der Waals surface area contributed by atoms with Gasteiger partial charge in [-0.2, -0.15) is 0 Å². The molecule has 0 saturated carbocycles. The zero-order valence-corrected chi connectivity index (χ0v) is 15.3. The fourth-order valence-electron chi connectivity index (χ4n) is 3.35. The van der Waals surface area contributed by atoms with E-state index in [1.54, 1.807) is 0 Å². The van der Waals surface area contributed by atoms with Crippen molar-refractivity contribution in [2.45, 2.75) is 89.8 Å². The van der Waals surface area contributed by atoms with Crippen LogP contribution in [0.5, 0.6) is 0 Å². The van der Waals surface area contributed by atoms with Gasteiger partial charge in [0, 0.05) is 25.2 Å². The Kier molecular flexibility index (Phi) is 5.94. The molecule has 0 radical (unpaired) electrons. The van der Waals surface area contributed by atoms with Gasteiger partial charge in [-0.15, -0.1) is 11.5 Å². The summed E-state index contributed by atoms with van der Waals surface area (Å²) in [6, 6.07) is 0. The van der Waals surface area contributed by atoms with Gasteiger partial charge in [0.1, 0.15) is 8.07 Å². The van der Waals surface area contributed by atoms with E-state index in [0.29, 0.717) is 12.0 Å². The lowest BCUT2D eigenvalue weighted by Crippen LogP contribution is -2.54. The first-order valence-corrected chi connectivity index (χ1v) is 12.3. The van der Waals surface area contributed by atoms with Crippen LogP contribution in [0.1, 0.15) is 58.3 Å². The molecule has 0 amide bonds. The van der Waals surface area contributed by atoms with Crippen LogP contribution in [0.15, 0.2) is 0 Å². The molecule has 0 aromatic rings. The van der Waals surface area contributed by atoms with Crippen LogP contribution >= 0.6 is 0 Å². The van der Waals surface area contributed by atoms with Gasteiger partial charge in [-0.25, -0.2) is 0 Å². The van der Waals surface area contributed by atoms with Crippen molar-refractivity contribution in [3.63, 3.8) is 0 Å². The van der Waals surface area contributed by atoms with Gasteiger partial charge in [0.2, 0.25) is 0 Å². The van der Waals surface area contributed by atoms with E-state index in [1.807, 2.05) is 0 Å². The van der Waals surface area contributed by atoms with E-state index < -0.39 is 8.07 Å². The van der Waals surface area contributed by atoms with E-state index in [1.165, 1.54) is 32.1 Å². The predicted molar refractivity (Wildman–Crippen MR) is 90.8 cm³/mol. The fraction of sp³-hybridized carbons (Fsp3) is 0.889. The molecule has 3 aliphatic rings. The fourth-order valence-corrected chi connectivity index (χ4v) is 4.00. The largest absolute Gasteiger partial charge is 0.350 e. The summed E-state index contributed by atoms with van der Waals surface area (Å²) >= 11 is 0. The Bertz CT molecular complexity index is 380. The average Bonchev–Trinajstić information content (AvgIpc) is 2.43. The lowest BCUT2D eigenvalue weighted by atomic mass is 9.84.